The van der Waals surface area contributed by atoms with Crippen molar-refractivity contribution in [3.8, 4) is 0 Å². The highest BCUT2D eigenvalue weighted by Crippen LogP contribution is 2.25. The highest BCUT2D eigenvalue weighted by molar-refractivity contribution is 9.10. The van der Waals surface area contributed by atoms with E-state index in [-0.39, 0.29) is 0 Å². The van der Waals surface area contributed by atoms with Crippen LogP contribution >= 0.6 is 15.9 Å². The average Bonchev–Trinajstić information content (AvgIpc) is 2.59. The summed E-state index contributed by atoms with van der Waals surface area (Å²) in [4.78, 5) is 10.5. The minimum Gasteiger partial charge on any atom is -0.341 e. The minimum atomic E-state index is 0.995. The number of imidazole rings is 1. The molecule has 2 aromatic rings. The molecule has 18 heavy (non-hydrogen) atoms. The van der Waals surface area contributed by atoms with Gasteiger partial charge < -0.3 is 15.2 Å². The van der Waals surface area contributed by atoms with E-state index in [4.69, 9.17) is 4.98 Å². The van der Waals surface area contributed by atoms with Crippen LogP contribution in [0.5, 0.6) is 0 Å². The molecule has 0 spiro atoms. The highest BCUT2D eigenvalue weighted by Gasteiger charge is 2.14. The third-order valence-electron chi connectivity index (χ3n) is 3.37. The summed E-state index contributed by atoms with van der Waals surface area (Å²) in [5.74, 6) is 0.995. The van der Waals surface area contributed by atoms with Gasteiger partial charge in [0.1, 0.15) is 0 Å². The van der Waals surface area contributed by atoms with Gasteiger partial charge in [0, 0.05) is 24.1 Å². The lowest BCUT2D eigenvalue weighted by atomic mass is 10.2. The van der Waals surface area contributed by atoms with Gasteiger partial charge in [-0.2, -0.15) is 0 Å². The van der Waals surface area contributed by atoms with Crippen molar-refractivity contribution in [3.63, 3.8) is 0 Å². The van der Waals surface area contributed by atoms with Crippen molar-refractivity contribution in [3.05, 3.63) is 22.2 Å². The largest absolute Gasteiger partial charge is 0.341 e. The fourth-order valence-electron chi connectivity index (χ4n) is 2.44. The number of aromatic amines is 1. The second kappa shape index (κ2) is 4.90. The Kier molecular flexibility index (Phi) is 3.26. The summed E-state index contributed by atoms with van der Waals surface area (Å²) in [5.41, 5.74) is 3.38. The summed E-state index contributed by atoms with van der Waals surface area (Å²) in [6.07, 6.45) is 1.17. The van der Waals surface area contributed by atoms with Crippen molar-refractivity contribution in [1.29, 1.82) is 0 Å². The van der Waals surface area contributed by atoms with Gasteiger partial charge in [-0.15, -0.1) is 0 Å². The zero-order valence-electron chi connectivity index (χ0n) is 10.5. The Bertz CT molecular complexity index is 555. The minimum absolute atomic E-state index is 0.995. The molecule has 5 heteroatoms. The molecular weight excluding hydrogens is 292 g/mol. The van der Waals surface area contributed by atoms with Crippen LogP contribution in [0.2, 0.25) is 0 Å². The predicted molar refractivity (Wildman–Crippen MR) is 78.2 cm³/mol. The van der Waals surface area contributed by atoms with Gasteiger partial charge in [-0.05, 0) is 37.6 Å². The normalized spacial score (nSPS) is 17.1. The van der Waals surface area contributed by atoms with Crippen molar-refractivity contribution in [2.45, 2.75) is 13.3 Å². The van der Waals surface area contributed by atoms with E-state index in [1.165, 1.54) is 12.0 Å². The van der Waals surface area contributed by atoms with E-state index in [0.717, 1.165) is 47.6 Å². The van der Waals surface area contributed by atoms with Crippen LogP contribution in [-0.2, 0) is 0 Å². The maximum atomic E-state index is 4.74. The molecule has 1 aromatic heterocycles. The molecule has 1 fully saturated rings. The van der Waals surface area contributed by atoms with Gasteiger partial charge in [0.05, 0.1) is 11.0 Å². The van der Waals surface area contributed by atoms with Crippen molar-refractivity contribution in [1.82, 2.24) is 15.3 Å². The third kappa shape index (κ3) is 2.24. The quantitative estimate of drug-likeness (QED) is 0.850. The summed E-state index contributed by atoms with van der Waals surface area (Å²) in [7, 11) is 0. The topological polar surface area (TPSA) is 44.0 Å². The average molecular weight is 309 g/mol. The zero-order chi connectivity index (χ0) is 12.5. The molecule has 1 aliphatic heterocycles. The molecule has 0 atom stereocenters. The van der Waals surface area contributed by atoms with Gasteiger partial charge in [-0.3, -0.25) is 0 Å². The number of rotatable bonds is 1. The standard InChI is InChI=1S/C13H17BrN4/c1-9-7-10(14)8-11-12(9)17-13(16-11)18-5-2-3-15-4-6-18/h7-8,15H,2-6H2,1H3,(H,16,17). The smallest absolute Gasteiger partial charge is 0.203 e. The van der Waals surface area contributed by atoms with Gasteiger partial charge in [0.15, 0.2) is 0 Å². The first-order valence-electron chi connectivity index (χ1n) is 6.35. The summed E-state index contributed by atoms with van der Waals surface area (Å²) in [5, 5.41) is 3.41. The number of halogens is 1. The van der Waals surface area contributed by atoms with Crippen LogP contribution in [0.25, 0.3) is 11.0 Å². The number of nitrogens with zero attached hydrogens (tertiary/aromatic N) is 2. The fourth-order valence-corrected chi connectivity index (χ4v) is 3.01. The lowest BCUT2D eigenvalue weighted by Crippen LogP contribution is -2.28. The Morgan fingerprint density at radius 3 is 3.06 bits per heavy atom. The van der Waals surface area contributed by atoms with Gasteiger partial charge in [0.25, 0.3) is 0 Å². The number of hydrogen-bond acceptors (Lipinski definition) is 3. The Labute approximate surface area is 115 Å². The summed E-state index contributed by atoms with van der Waals surface area (Å²) < 4.78 is 1.10. The Morgan fingerprint density at radius 2 is 2.17 bits per heavy atom. The number of anilines is 1. The maximum absolute atomic E-state index is 4.74. The molecular formula is C13H17BrN4. The van der Waals surface area contributed by atoms with Crippen LogP contribution < -0.4 is 10.2 Å². The molecule has 3 rings (SSSR count). The lowest BCUT2D eigenvalue weighted by Gasteiger charge is -2.18. The highest BCUT2D eigenvalue weighted by atomic mass is 79.9. The number of H-pyrrole nitrogens is 1. The summed E-state index contributed by atoms with van der Waals surface area (Å²) >= 11 is 3.53. The molecule has 96 valence electrons. The van der Waals surface area contributed by atoms with E-state index in [1.807, 2.05) is 0 Å². The maximum Gasteiger partial charge on any atom is 0.203 e. The van der Waals surface area contributed by atoms with Crippen LogP contribution in [0.3, 0.4) is 0 Å². The number of benzene rings is 1. The summed E-state index contributed by atoms with van der Waals surface area (Å²) in [6, 6.07) is 4.20. The van der Waals surface area contributed by atoms with Gasteiger partial charge in [-0.1, -0.05) is 15.9 Å². The molecule has 2 N–H and O–H groups in total. The molecule has 0 bridgehead atoms. The molecule has 0 amide bonds. The molecule has 0 saturated carbocycles. The molecule has 2 heterocycles. The van der Waals surface area contributed by atoms with Crippen molar-refractivity contribution in [2.24, 2.45) is 0 Å². The first-order chi connectivity index (χ1) is 8.74. The number of nitrogens with one attached hydrogen (secondary N) is 2. The fraction of sp³-hybridized carbons (Fsp3) is 0.462. The molecule has 1 aromatic carbocycles. The van der Waals surface area contributed by atoms with E-state index in [0.29, 0.717) is 0 Å². The Balaban J connectivity index is 1.99. The Hall–Kier alpha value is -1.07. The third-order valence-corrected chi connectivity index (χ3v) is 3.83. The molecule has 1 aliphatic rings. The lowest BCUT2D eigenvalue weighted by molar-refractivity contribution is 0.724. The van der Waals surface area contributed by atoms with Gasteiger partial charge >= 0.3 is 0 Å². The van der Waals surface area contributed by atoms with Crippen molar-refractivity contribution >= 4 is 32.9 Å². The van der Waals surface area contributed by atoms with Crippen LogP contribution in [-0.4, -0.2) is 36.1 Å². The van der Waals surface area contributed by atoms with Crippen LogP contribution in [0.4, 0.5) is 5.95 Å². The number of aromatic nitrogens is 2. The first-order valence-corrected chi connectivity index (χ1v) is 7.15. The van der Waals surface area contributed by atoms with Crippen molar-refractivity contribution in [2.75, 3.05) is 31.1 Å². The monoisotopic (exact) mass is 308 g/mol. The van der Waals surface area contributed by atoms with Gasteiger partial charge in [0.2, 0.25) is 5.95 Å². The van der Waals surface area contributed by atoms with E-state index >= 15 is 0 Å². The molecule has 0 radical (unpaired) electrons. The second-order valence-electron chi connectivity index (χ2n) is 4.77. The zero-order valence-corrected chi connectivity index (χ0v) is 12.0. The van der Waals surface area contributed by atoms with E-state index in [9.17, 15) is 0 Å². The molecule has 4 nitrogen and oxygen atoms in total. The SMILES string of the molecule is Cc1cc(Br)cc2[nH]c(N3CCCNCC3)nc12. The van der Waals surface area contributed by atoms with Crippen LogP contribution in [0.1, 0.15) is 12.0 Å². The molecule has 0 aliphatic carbocycles. The Morgan fingerprint density at radius 1 is 1.28 bits per heavy atom. The first kappa shape index (κ1) is 12.0. The van der Waals surface area contributed by atoms with Crippen LogP contribution in [0, 0.1) is 6.92 Å². The summed E-state index contributed by atoms with van der Waals surface area (Å²) in [6.45, 7) is 6.30. The van der Waals surface area contributed by atoms with Crippen LogP contribution in [0.15, 0.2) is 16.6 Å². The molecule has 0 unspecified atom stereocenters. The predicted octanol–water partition coefficient (Wildman–Crippen LogP) is 2.43. The van der Waals surface area contributed by atoms with Gasteiger partial charge in [-0.25, -0.2) is 4.98 Å². The second-order valence-corrected chi connectivity index (χ2v) is 5.69. The van der Waals surface area contributed by atoms with E-state index < -0.39 is 0 Å². The number of aryl methyl sites for hydroxylation is 1. The number of fused-ring (bicyclic) bond motifs is 1. The van der Waals surface area contributed by atoms with Crippen molar-refractivity contribution < 1.29 is 0 Å². The molecule has 1 saturated heterocycles. The van der Waals surface area contributed by atoms with E-state index in [2.05, 4.69) is 50.2 Å². The number of hydrogen-bond donors (Lipinski definition) is 2. The van der Waals surface area contributed by atoms with E-state index in [1.54, 1.807) is 0 Å².